The lowest BCUT2D eigenvalue weighted by molar-refractivity contribution is 0.230. The van der Waals surface area contributed by atoms with Crippen LogP contribution in [0, 0.1) is 0 Å². The Labute approximate surface area is 128 Å². The SMILES string of the molecule is CCCOc1ccc(OCCN(C)CCCCCO)cc1. The maximum absolute atomic E-state index is 8.72. The van der Waals surface area contributed by atoms with Gasteiger partial charge < -0.3 is 19.5 Å². The molecule has 1 N–H and O–H groups in total. The Morgan fingerprint density at radius 1 is 0.905 bits per heavy atom. The number of rotatable bonds is 12. The Kier molecular flexibility index (Phi) is 9.66. The van der Waals surface area contributed by atoms with E-state index in [4.69, 9.17) is 14.6 Å². The molecule has 0 atom stereocenters. The van der Waals surface area contributed by atoms with E-state index >= 15 is 0 Å². The standard InChI is InChI=1S/C17H29NO3/c1-3-14-20-16-7-9-17(10-8-16)21-15-12-18(2)11-5-4-6-13-19/h7-10,19H,3-6,11-15H2,1-2H3. The second-order valence-electron chi connectivity index (χ2n) is 5.26. The molecule has 0 amide bonds. The van der Waals surface area contributed by atoms with E-state index in [-0.39, 0.29) is 0 Å². The first-order chi connectivity index (χ1) is 10.3. The monoisotopic (exact) mass is 295 g/mol. The van der Waals surface area contributed by atoms with Gasteiger partial charge in [-0.3, -0.25) is 0 Å². The summed E-state index contributed by atoms with van der Waals surface area (Å²) >= 11 is 0. The van der Waals surface area contributed by atoms with Gasteiger partial charge in [-0.15, -0.1) is 0 Å². The summed E-state index contributed by atoms with van der Waals surface area (Å²) < 4.78 is 11.3. The average Bonchev–Trinajstić information content (AvgIpc) is 2.51. The van der Waals surface area contributed by atoms with Gasteiger partial charge in [0.1, 0.15) is 18.1 Å². The van der Waals surface area contributed by atoms with Gasteiger partial charge in [0.25, 0.3) is 0 Å². The van der Waals surface area contributed by atoms with Crippen LogP contribution in [0.1, 0.15) is 32.6 Å². The van der Waals surface area contributed by atoms with Crippen molar-refractivity contribution in [2.24, 2.45) is 0 Å². The summed E-state index contributed by atoms with van der Waals surface area (Å²) in [6, 6.07) is 7.80. The first-order valence-electron chi connectivity index (χ1n) is 7.91. The Hall–Kier alpha value is -1.26. The van der Waals surface area contributed by atoms with Crippen molar-refractivity contribution in [3.05, 3.63) is 24.3 Å². The van der Waals surface area contributed by atoms with Crippen molar-refractivity contribution in [1.82, 2.24) is 4.90 Å². The minimum absolute atomic E-state index is 0.296. The lowest BCUT2D eigenvalue weighted by atomic mass is 10.2. The second kappa shape index (κ2) is 11.4. The van der Waals surface area contributed by atoms with Crippen LogP contribution in [0.4, 0.5) is 0 Å². The molecule has 0 saturated carbocycles. The van der Waals surface area contributed by atoms with Gasteiger partial charge in [-0.2, -0.15) is 0 Å². The number of benzene rings is 1. The molecule has 0 heterocycles. The summed E-state index contributed by atoms with van der Waals surface area (Å²) in [4.78, 5) is 2.26. The molecule has 1 rings (SSSR count). The Balaban J connectivity index is 2.14. The van der Waals surface area contributed by atoms with Gasteiger partial charge in [0.2, 0.25) is 0 Å². The van der Waals surface area contributed by atoms with E-state index in [1.54, 1.807) is 0 Å². The third kappa shape index (κ3) is 8.58. The van der Waals surface area contributed by atoms with E-state index in [2.05, 4.69) is 18.9 Å². The van der Waals surface area contributed by atoms with Crippen LogP contribution in [0.2, 0.25) is 0 Å². The predicted molar refractivity (Wildman–Crippen MR) is 86.2 cm³/mol. The first kappa shape index (κ1) is 17.8. The summed E-state index contributed by atoms with van der Waals surface area (Å²) in [5, 5.41) is 8.72. The van der Waals surface area contributed by atoms with Crippen LogP contribution < -0.4 is 9.47 Å². The fraction of sp³-hybridized carbons (Fsp3) is 0.647. The van der Waals surface area contributed by atoms with E-state index in [1.807, 2.05) is 24.3 Å². The molecule has 1 aromatic rings. The predicted octanol–water partition coefficient (Wildman–Crippen LogP) is 2.95. The third-order valence-corrected chi connectivity index (χ3v) is 3.24. The zero-order valence-electron chi connectivity index (χ0n) is 13.4. The summed E-state index contributed by atoms with van der Waals surface area (Å²) in [7, 11) is 2.10. The largest absolute Gasteiger partial charge is 0.494 e. The zero-order valence-corrected chi connectivity index (χ0v) is 13.4. The number of hydrogen-bond donors (Lipinski definition) is 1. The van der Waals surface area contributed by atoms with Gasteiger partial charge in [-0.1, -0.05) is 6.92 Å². The summed E-state index contributed by atoms with van der Waals surface area (Å²) in [6.45, 7) is 5.79. The highest BCUT2D eigenvalue weighted by Crippen LogP contribution is 2.17. The molecule has 0 aliphatic rings. The first-order valence-corrected chi connectivity index (χ1v) is 7.91. The molecule has 0 fully saturated rings. The molecule has 120 valence electrons. The molecular weight excluding hydrogens is 266 g/mol. The van der Waals surface area contributed by atoms with Crippen molar-refractivity contribution in [1.29, 1.82) is 0 Å². The van der Waals surface area contributed by atoms with Gasteiger partial charge >= 0.3 is 0 Å². The van der Waals surface area contributed by atoms with E-state index in [1.165, 1.54) is 0 Å². The Morgan fingerprint density at radius 2 is 1.52 bits per heavy atom. The van der Waals surface area contributed by atoms with Gasteiger partial charge in [-0.25, -0.2) is 0 Å². The molecule has 4 heteroatoms. The molecule has 0 aromatic heterocycles. The molecular formula is C17H29NO3. The van der Waals surface area contributed by atoms with Crippen LogP contribution >= 0.6 is 0 Å². The van der Waals surface area contributed by atoms with Gasteiger partial charge in [-0.05, 0) is 63.5 Å². The maximum Gasteiger partial charge on any atom is 0.119 e. The summed E-state index contributed by atoms with van der Waals surface area (Å²) in [6.07, 6.45) is 4.13. The van der Waals surface area contributed by atoms with Gasteiger partial charge in [0.15, 0.2) is 0 Å². The molecule has 21 heavy (non-hydrogen) atoms. The highest BCUT2D eigenvalue weighted by molar-refractivity contribution is 5.31. The Morgan fingerprint density at radius 3 is 2.10 bits per heavy atom. The van der Waals surface area contributed by atoms with E-state index < -0.39 is 0 Å². The Bertz CT molecular complexity index is 354. The lowest BCUT2D eigenvalue weighted by Crippen LogP contribution is -2.25. The normalized spacial score (nSPS) is 10.9. The molecule has 0 aliphatic carbocycles. The van der Waals surface area contributed by atoms with Crippen molar-refractivity contribution in [3.8, 4) is 11.5 Å². The minimum atomic E-state index is 0.296. The fourth-order valence-corrected chi connectivity index (χ4v) is 1.95. The number of aliphatic hydroxyl groups excluding tert-OH is 1. The highest BCUT2D eigenvalue weighted by Gasteiger charge is 2.00. The molecule has 0 unspecified atom stereocenters. The number of likely N-dealkylation sites (N-methyl/N-ethyl adjacent to an activating group) is 1. The van der Waals surface area contributed by atoms with E-state index in [0.29, 0.717) is 13.2 Å². The minimum Gasteiger partial charge on any atom is -0.494 e. The number of hydrogen-bond acceptors (Lipinski definition) is 4. The molecule has 0 saturated heterocycles. The molecule has 0 aliphatic heterocycles. The maximum atomic E-state index is 8.72. The number of nitrogens with zero attached hydrogens (tertiary/aromatic N) is 1. The number of unbranched alkanes of at least 4 members (excludes halogenated alkanes) is 2. The van der Waals surface area contributed by atoms with Crippen molar-refractivity contribution in [3.63, 3.8) is 0 Å². The van der Waals surface area contributed by atoms with Crippen molar-refractivity contribution in [2.75, 3.05) is 40.0 Å². The second-order valence-corrected chi connectivity index (χ2v) is 5.26. The fourth-order valence-electron chi connectivity index (χ4n) is 1.95. The van der Waals surface area contributed by atoms with Gasteiger partial charge in [0.05, 0.1) is 6.61 Å². The van der Waals surface area contributed by atoms with Crippen LogP contribution in [0.3, 0.4) is 0 Å². The quantitative estimate of drug-likeness (QED) is 0.602. The summed E-state index contributed by atoms with van der Waals surface area (Å²) in [5.74, 6) is 1.78. The molecule has 4 nitrogen and oxygen atoms in total. The zero-order chi connectivity index (χ0) is 15.3. The third-order valence-electron chi connectivity index (χ3n) is 3.24. The lowest BCUT2D eigenvalue weighted by Gasteiger charge is -2.16. The molecule has 0 radical (unpaired) electrons. The van der Waals surface area contributed by atoms with Crippen LogP contribution in [-0.2, 0) is 0 Å². The van der Waals surface area contributed by atoms with Crippen LogP contribution in [0.15, 0.2) is 24.3 Å². The average molecular weight is 295 g/mol. The van der Waals surface area contributed by atoms with Crippen LogP contribution in [0.5, 0.6) is 11.5 Å². The molecule has 0 spiro atoms. The smallest absolute Gasteiger partial charge is 0.119 e. The summed E-state index contributed by atoms with van der Waals surface area (Å²) in [5.41, 5.74) is 0. The molecule has 1 aromatic carbocycles. The number of ether oxygens (including phenoxy) is 2. The van der Waals surface area contributed by atoms with Crippen LogP contribution in [0.25, 0.3) is 0 Å². The van der Waals surface area contributed by atoms with Gasteiger partial charge in [0, 0.05) is 13.2 Å². The topological polar surface area (TPSA) is 41.9 Å². The van der Waals surface area contributed by atoms with E-state index in [9.17, 15) is 0 Å². The van der Waals surface area contributed by atoms with Crippen molar-refractivity contribution in [2.45, 2.75) is 32.6 Å². The highest BCUT2D eigenvalue weighted by atomic mass is 16.5. The van der Waals surface area contributed by atoms with Crippen molar-refractivity contribution >= 4 is 0 Å². The number of aliphatic hydroxyl groups is 1. The van der Waals surface area contributed by atoms with E-state index in [0.717, 1.165) is 56.9 Å². The molecule has 0 bridgehead atoms. The van der Waals surface area contributed by atoms with Crippen LogP contribution in [-0.4, -0.2) is 50.0 Å². The van der Waals surface area contributed by atoms with Crippen molar-refractivity contribution < 1.29 is 14.6 Å².